The summed E-state index contributed by atoms with van der Waals surface area (Å²) in [6.07, 6.45) is -1.47. The topological polar surface area (TPSA) is 110 Å². The van der Waals surface area contributed by atoms with Crippen molar-refractivity contribution >= 4 is 18.0 Å². The van der Waals surface area contributed by atoms with E-state index in [2.05, 4.69) is 0 Å². The van der Waals surface area contributed by atoms with E-state index >= 15 is 0 Å². The molecule has 2 rings (SSSR count). The van der Waals surface area contributed by atoms with E-state index in [1.165, 1.54) is 45.3 Å². The van der Waals surface area contributed by atoms with Gasteiger partial charge < -0.3 is 28.4 Å². The zero-order valence-electron chi connectivity index (χ0n) is 23.2. The molecule has 0 spiro atoms. The SMILES string of the molecule is CC[C@@](COC(=O)c1cc(OC)c(OC)c(OC)c1)(c1ccccc1)N(C)C(=O)OC(C)OC(=O)C(C)C. The van der Waals surface area contributed by atoms with Crippen LogP contribution in [0, 0.1) is 5.92 Å². The predicted octanol–water partition coefficient (Wildman–Crippen LogP) is 4.79. The molecule has 2 aromatic carbocycles. The van der Waals surface area contributed by atoms with E-state index in [9.17, 15) is 14.4 Å². The number of nitrogens with zero attached hydrogens (tertiary/aromatic N) is 1. The zero-order chi connectivity index (χ0) is 28.5. The maximum Gasteiger partial charge on any atom is 0.413 e. The van der Waals surface area contributed by atoms with Gasteiger partial charge in [0.05, 0.1) is 32.8 Å². The molecule has 208 valence electrons. The van der Waals surface area contributed by atoms with Crippen molar-refractivity contribution in [2.45, 2.75) is 45.9 Å². The van der Waals surface area contributed by atoms with Crippen molar-refractivity contribution in [2.75, 3.05) is 35.0 Å². The van der Waals surface area contributed by atoms with E-state index in [0.717, 1.165) is 5.56 Å². The van der Waals surface area contributed by atoms with Gasteiger partial charge >= 0.3 is 18.0 Å². The van der Waals surface area contributed by atoms with Crippen LogP contribution < -0.4 is 14.2 Å². The summed E-state index contributed by atoms with van der Waals surface area (Å²) in [4.78, 5) is 39.6. The molecule has 10 heteroatoms. The molecule has 0 saturated carbocycles. The average molecular weight is 532 g/mol. The molecule has 0 aromatic heterocycles. The first-order valence-corrected chi connectivity index (χ1v) is 12.2. The van der Waals surface area contributed by atoms with Gasteiger partial charge in [-0.25, -0.2) is 9.59 Å². The number of hydrogen-bond donors (Lipinski definition) is 0. The van der Waals surface area contributed by atoms with Crippen molar-refractivity contribution in [3.63, 3.8) is 0 Å². The molecule has 38 heavy (non-hydrogen) atoms. The Morgan fingerprint density at radius 1 is 0.895 bits per heavy atom. The molecule has 0 saturated heterocycles. The largest absolute Gasteiger partial charge is 0.493 e. The van der Waals surface area contributed by atoms with Crippen molar-refractivity contribution in [2.24, 2.45) is 5.92 Å². The molecule has 0 N–H and O–H groups in total. The molecule has 0 fully saturated rings. The minimum atomic E-state index is -1.10. The summed E-state index contributed by atoms with van der Waals surface area (Å²) in [5.41, 5.74) is -0.181. The Morgan fingerprint density at radius 2 is 1.47 bits per heavy atom. The summed E-state index contributed by atoms with van der Waals surface area (Å²) < 4.78 is 32.3. The van der Waals surface area contributed by atoms with Crippen LogP contribution in [-0.2, 0) is 24.5 Å². The molecular weight excluding hydrogens is 494 g/mol. The molecule has 0 aliphatic rings. The van der Waals surface area contributed by atoms with Gasteiger partial charge in [0.25, 0.3) is 0 Å². The predicted molar refractivity (Wildman–Crippen MR) is 139 cm³/mol. The fraction of sp³-hybridized carbons (Fsp3) is 0.464. The van der Waals surface area contributed by atoms with Gasteiger partial charge in [0, 0.05) is 14.0 Å². The van der Waals surface area contributed by atoms with Crippen LogP contribution in [0.3, 0.4) is 0 Å². The van der Waals surface area contributed by atoms with Gasteiger partial charge in [0.2, 0.25) is 12.0 Å². The summed E-state index contributed by atoms with van der Waals surface area (Å²) in [6.45, 7) is 6.51. The van der Waals surface area contributed by atoms with E-state index in [0.29, 0.717) is 23.7 Å². The number of rotatable bonds is 12. The van der Waals surface area contributed by atoms with Crippen LogP contribution in [0.1, 0.15) is 50.0 Å². The van der Waals surface area contributed by atoms with Gasteiger partial charge in [-0.1, -0.05) is 51.1 Å². The number of hydrogen-bond acceptors (Lipinski definition) is 9. The number of carbonyl (C=O) groups is 3. The van der Waals surface area contributed by atoms with E-state index in [4.69, 9.17) is 28.4 Å². The molecule has 2 aromatic rings. The van der Waals surface area contributed by atoms with Gasteiger partial charge in [-0.15, -0.1) is 0 Å². The van der Waals surface area contributed by atoms with Crippen LogP contribution in [0.15, 0.2) is 42.5 Å². The lowest BCUT2D eigenvalue weighted by Gasteiger charge is -2.40. The maximum absolute atomic E-state index is 13.2. The van der Waals surface area contributed by atoms with Gasteiger partial charge in [-0.05, 0) is 24.1 Å². The fourth-order valence-corrected chi connectivity index (χ4v) is 3.85. The van der Waals surface area contributed by atoms with Crippen LogP contribution in [-0.4, -0.2) is 64.2 Å². The lowest BCUT2D eigenvalue weighted by molar-refractivity contribution is -0.170. The highest BCUT2D eigenvalue weighted by atomic mass is 16.7. The minimum absolute atomic E-state index is 0.178. The van der Waals surface area contributed by atoms with E-state index in [-0.39, 0.29) is 18.1 Å². The highest BCUT2D eigenvalue weighted by Gasteiger charge is 2.41. The molecule has 1 unspecified atom stereocenters. The lowest BCUT2D eigenvalue weighted by atomic mass is 9.86. The molecule has 0 aliphatic carbocycles. The van der Waals surface area contributed by atoms with Gasteiger partial charge in [-0.2, -0.15) is 0 Å². The first-order valence-electron chi connectivity index (χ1n) is 12.2. The number of ether oxygens (including phenoxy) is 6. The van der Waals surface area contributed by atoms with Crippen LogP contribution in [0.2, 0.25) is 0 Å². The first kappa shape index (κ1) is 30.3. The number of esters is 2. The Labute approximate surface area is 223 Å². The molecule has 0 heterocycles. The fourth-order valence-electron chi connectivity index (χ4n) is 3.85. The number of amides is 1. The van der Waals surface area contributed by atoms with E-state index in [1.807, 2.05) is 37.3 Å². The van der Waals surface area contributed by atoms with Crippen LogP contribution in [0.4, 0.5) is 4.79 Å². The molecule has 0 radical (unpaired) electrons. The second kappa shape index (κ2) is 13.6. The number of carbonyl (C=O) groups excluding carboxylic acids is 3. The number of likely N-dealkylation sites (N-methyl/N-ethyl adjacent to an activating group) is 1. The third-order valence-corrected chi connectivity index (χ3v) is 6.17. The van der Waals surface area contributed by atoms with Crippen molar-refractivity contribution in [1.29, 1.82) is 0 Å². The lowest BCUT2D eigenvalue weighted by Crippen LogP contribution is -2.51. The van der Waals surface area contributed by atoms with Crippen molar-refractivity contribution < 1.29 is 42.8 Å². The van der Waals surface area contributed by atoms with Gasteiger partial charge in [-0.3, -0.25) is 9.69 Å². The van der Waals surface area contributed by atoms with Gasteiger partial charge in [0.1, 0.15) is 12.1 Å². The summed E-state index contributed by atoms with van der Waals surface area (Å²) in [5, 5.41) is 0. The Bertz CT molecular complexity index is 1080. The highest BCUT2D eigenvalue weighted by molar-refractivity contribution is 5.91. The summed E-state index contributed by atoms with van der Waals surface area (Å²) in [6, 6.07) is 12.1. The maximum atomic E-state index is 13.2. The second-order valence-electron chi connectivity index (χ2n) is 8.84. The monoisotopic (exact) mass is 531 g/mol. The third-order valence-electron chi connectivity index (χ3n) is 6.17. The number of methoxy groups -OCH3 is 3. The highest BCUT2D eigenvalue weighted by Crippen LogP contribution is 2.39. The summed E-state index contributed by atoms with van der Waals surface area (Å²) >= 11 is 0. The van der Waals surface area contributed by atoms with Crippen LogP contribution >= 0.6 is 0 Å². The minimum Gasteiger partial charge on any atom is -0.493 e. The Hall–Kier alpha value is -3.95. The van der Waals surface area contributed by atoms with Gasteiger partial charge in [0.15, 0.2) is 11.5 Å². The van der Waals surface area contributed by atoms with Crippen LogP contribution in [0.25, 0.3) is 0 Å². The molecule has 10 nitrogen and oxygen atoms in total. The van der Waals surface area contributed by atoms with E-state index < -0.39 is 29.9 Å². The molecule has 0 aliphatic heterocycles. The summed E-state index contributed by atoms with van der Waals surface area (Å²) in [5.74, 6) is -0.574. The quantitative estimate of drug-likeness (QED) is 0.282. The Morgan fingerprint density at radius 3 is 1.95 bits per heavy atom. The van der Waals surface area contributed by atoms with Crippen LogP contribution in [0.5, 0.6) is 17.2 Å². The van der Waals surface area contributed by atoms with Crippen molar-refractivity contribution in [3.05, 3.63) is 53.6 Å². The smallest absolute Gasteiger partial charge is 0.413 e. The number of benzene rings is 2. The second-order valence-corrected chi connectivity index (χ2v) is 8.84. The molecular formula is C28H37NO9. The third kappa shape index (κ3) is 6.87. The standard InChI is InChI=1S/C28H37NO9/c1-9-28(21-13-11-10-12-14-21,29(5)27(32)38-19(4)37-25(30)18(2)3)17-36-26(31)20-15-22(33-6)24(35-8)23(16-20)34-7/h10-16,18-19H,9,17H2,1-8H3/t19?,28-/m1/s1. The summed E-state index contributed by atoms with van der Waals surface area (Å²) in [7, 11) is 5.91. The van der Waals surface area contributed by atoms with E-state index in [1.54, 1.807) is 20.9 Å². The van der Waals surface area contributed by atoms with Crippen molar-refractivity contribution in [3.8, 4) is 17.2 Å². The molecule has 1 amide bonds. The Balaban J connectivity index is 2.35. The zero-order valence-corrected chi connectivity index (χ0v) is 23.2. The average Bonchev–Trinajstić information content (AvgIpc) is 2.92. The first-order chi connectivity index (χ1) is 18.0. The normalized spacial score (nSPS) is 13.1. The van der Waals surface area contributed by atoms with Crippen molar-refractivity contribution in [1.82, 2.24) is 4.90 Å². The molecule has 2 atom stereocenters. The Kier molecular flexibility index (Phi) is 10.8. The molecule has 0 bridgehead atoms.